The number of carbonyl (C=O) groups excluding carboxylic acids is 1. The van der Waals surface area contributed by atoms with Gasteiger partial charge in [0.15, 0.2) is 0 Å². The second-order valence-electron chi connectivity index (χ2n) is 7.94. The quantitative estimate of drug-likeness (QED) is 0.599. The van der Waals surface area contributed by atoms with Gasteiger partial charge >= 0.3 is 0 Å². The van der Waals surface area contributed by atoms with Crippen LogP contribution in [0.1, 0.15) is 50.5 Å². The van der Waals surface area contributed by atoms with Crippen molar-refractivity contribution in [3.05, 3.63) is 28.2 Å². The first-order valence-corrected chi connectivity index (χ1v) is 9.65. The lowest BCUT2D eigenvalue weighted by Crippen LogP contribution is -2.47. The highest BCUT2D eigenvalue weighted by molar-refractivity contribution is 9.10. The van der Waals surface area contributed by atoms with Gasteiger partial charge in [-0.25, -0.2) is 5.43 Å². The van der Waals surface area contributed by atoms with Gasteiger partial charge in [0.1, 0.15) is 5.75 Å². The lowest BCUT2D eigenvalue weighted by molar-refractivity contribution is -0.138. The van der Waals surface area contributed by atoms with Gasteiger partial charge in [-0.15, -0.1) is 0 Å². The van der Waals surface area contributed by atoms with Gasteiger partial charge in [-0.3, -0.25) is 4.79 Å². The van der Waals surface area contributed by atoms with Crippen LogP contribution in [0.15, 0.2) is 27.8 Å². The molecule has 4 aliphatic rings. The number of benzene rings is 1. The number of phenols is 1. The molecule has 4 bridgehead atoms. The van der Waals surface area contributed by atoms with Crippen molar-refractivity contribution in [2.45, 2.75) is 44.9 Å². The molecule has 4 aliphatic carbocycles. The Hall–Kier alpha value is -1.36. The molecule has 2 N–H and O–H groups in total. The van der Waals surface area contributed by atoms with Gasteiger partial charge in [0.2, 0.25) is 5.91 Å². The Kier molecular flexibility index (Phi) is 4.15. The van der Waals surface area contributed by atoms with E-state index in [2.05, 4.69) is 26.5 Å². The molecule has 1 aromatic carbocycles. The smallest absolute Gasteiger partial charge is 0.246 e. The summed E-state index contributed by atoms with van der Waals surface area (Å²) in [5, 5.41) is 14.0. The van der Waals surface area contributed by atoms with E-state index in [0.717, 1.165) is 41.5 Å². The fraction of sp³-hybridized carbons (Fsp3) is 0.579. The lowest BCUT2D eigenvalue weighted by Gasteiger charge is -2.46. The molecule has 2 atom stereocenters. The summed E-state index contributed by atoms with van der Waals surface area (Å²) in [5.74, 6) is 2.41. The highest BCUT2D eigenvalue weighted by Crippen LogP contribution is 2.57. The maximum atomic E-state index is 12.9. The minimum atomic E-state index is -0.205. The summed E-state index contributed by atoms with van der Waals surface area (Å²) in [4.78, 5) is 12.9. The topological polar surface area (TPSA) is 61.7 Å². The molecule has 128 valence electrons. The van der Waals surface area contributed by atoms with E-state index >= 15 is 0 Å². The van der Waals surface area contributed by atoms with Crippen LogP contribution in [-0.4, -0.2) is 17.2 Å². The molecule has 0 spiro atoms. The molecule has 1 aromatic rings. The van der Waals surface area contributed by atoms with Gasteiger partial charge in [0.25, 0.3) is 0 Å². The number of fused-ring (bicyclic) bond motifs is 1. The maximum Gasteiger partial charge on any atom is 0.246 e. The van der Waals surface area contributed by atoms with Crippen LogP contribution >= 0.6 is 15.9 Å². The number of halogens is 1. The number of nitrogens with zero attached hydrogens (tertiary/aromatic N) is 1. The molecule has 0 aliphatic heterocycles. The normalized spacial score (nSPS) is 34.5. The number of hydrogen-bond acceptors (Lipinski definition) is 3. The fourth-order valence-electron chi connectivity index (χ4n) is 5.38. The van der Waals surface area contributed by atoms with Crippen molar-refractivity contribution in [3.63, 3.8) is 0 Å². The molecule has 5 rings (SSSR count). The highest BCUT2D eigenvalue weighted by Gasteiger charge is 2.52. The number of nitrogens with one attached hydrogen (secondary N) is 1. The van der Waals surface area contributed by atoms with Crippen molar-refractivity contribution in [2.75, 3.05) is 0 Å². The van der Waals surface area contributed by atoms with Gasteiger partial charge in [-0.2, -0.15) is 5.10 Å². The molecule has 0 unspecified atom stereocenters. The minimum absolute atomic E-state index is 0.0783. The third-order valence-electron chi connectivity index (χ3n) is 6.20. The van der Waals surface area contributed by atoms with E-state index in [1.54, 1.807) is 18.2 Å². The molecule has 24 heavy (non-hydrogen) atoms. The van der Waals surface area contributed by atoms with E-state index < -0.39 is 0 Å². The molecule has 0 heterocycles. The molecule has 4 fully saturated rings. The summed E-state index contributed by atoms with van der Waals surface area (Å²) >= 11 is 3.37. The van der Waals surface area contributed by atoms with Crippen molar-refractivity contribution in [1.29, 1.82) is 0 Å². The summed E-state index contributed by atoms with van der Waals surface area (Å²) < 4.78 is 0.866. The summed E-state index contributed by atoms with van der Waals surface area (Å²) in [7, 11) is 0. The highest BCUT2D eigenvalue weighted by atomic mass is 79.9. The van der Waals surface area contributed by atoms with E-state index in [-0.39, 0.29) is 17.1 Å². The first-order chi connectivity index (χ1) is 11.5. The van der Waals surface area contributed by atoms with Crippen LogP contribution in [0.3, 0.4) is 0 Å². The SMILES string of the molecule is O=C(N/N=C/c1cc(Br)ccc1O)C12CC3C[C@@H](CC[C@H](C3)C1)C2. The zero-order valence-corrected chi connectivity index (χ0v) is 15.3. The molecule has 0 saturated heterocycles. The third kappa shape index (κ3) is 2.99. The number of aromatic hydroxyl groups is 1. The molecular formula is C19H23BrN2O2. The fourth-order valence-corrected chi connectivity index (χ4v) is 5.76. The van der Waals surface area contributed by atoms with Gasteiger partial charge in [-0.1, -0.05) is 28.8 Å². The van der Waals surface area contributed by atoms with Crippen molar-refractivity contribution in [1.82, 2.24) is 5.43 Å². The Morgan fingerprint density at radius 2 is 1.88 bits per heavy atom. The van der Waals surface area contributed by atoms with Gasteiger partial charge < -0.3 is 5.11 Å². The largest absolute Gasteiger partial charge is 0.507 e. The average molecular weight is 391 g/mol. The van der Waals surface area contributed by atoms with Crippen LogP contribution in [0.5, 0.6) is 5.75 Å². The molecule has 1 amide bonds. The van der Waals surface area contributed by atoms with Gasteiger partial charge in [0, 0.05) is 10.0 Å². The predicted octanol–water partition coefficient (Wildman–Crippen LogP) is 4.21. The second-order valence-corrected chi connectivity index (χ2v) is 8.86. The van der Waals surface area contributed by atoms with E-state index in [1.807, 2.05) is 0 Å². The molecule has 5 heteroatoms. The number of phenolic OH excluding ortho intramolecular Hbond substituents is 1. The Morgan fingerprint density at radius 3 is 2.58 bits per heavy atom. The zero-order valence-electron chi connectivity index (χ0n) is 13.7. The summed E-state index contributed by atoms with van der Waals surface area (Å²) in [5.41, 5.74) is 3.15. The first kappa shape index (κ1) is 16.1. The zero-order chi connectivity index (χ0) is 16.7. The molecule has 4 saturated carbocycles. The Labute approximate surface area is 150 Å². The lowest BCUT2D eigenvalue weighted by atomic mass is 9.58. The Balaban J connectivity index is 1.48. The molecule has 0 aromatic heterocycles. The Morgan fingerprint density at radius 1 is 1.21 bits per heavy atom. The number of rotatable bonds is 3. The van der Waals surface area contributed by atoms with Crippen LogP contribution < -0.4 is 5.43 Å². The second kappa shape index (κ2) is 6.17. The molecular weight excluding hydrogens is 368 g/mol. The van der Waals surface area contributed by atoms with Crippen LogP contribution in [0.25, 0.3) is 0 Å². The van der Waals surface area contributed by atoms with E-state index in [0.29, 0.717) is 5.56 Å². The number of carbonyl (C=O) groups is 1. The van der Waals surface area contributed by atoms with Crippen LogP contribution in [0.4, 0.5) is 0 Å². The van der Waals surface area contributed by atoms with Crippen LogP contribution in [0, 0.1) is 23.2 Å². The van der Waals surface area contributed by atoms with E-state index in [1.165, 1.54) is 31.9 Å². The third-order valence-corrected chi connectivity index (χ3v) is 6.69. The average Bonchev–Trinajstić information content (AvgIpc) is 2.76. The predicted molar refractivity (Wildman–Crippen MR) is 96.8 cm³/mol. The van der Waals surface area contributed by atoms with E-state index in [4.69, 9.17) is 0 Å². The van der Waals surface area contributed by atoms with Crippen molar-refractivity contribution in [3.8, 4) is 5.75 Å². The summed E-state index contributed by atoms with van der Waals surface area (Å²) in [6.07, 6.45) is 9.85. The monoisotopic (exact) mass is 390 g/mol. The minimum Gasteiger partial charge on any atom is -0.507 e. The standard InChI is InChI=1S/C19H23BrN2O2/c20-16-3-4-17(23)15(7-16)11-21-22-18(24)19-8-12-1-2-13(9-19)6-14(5-12)10-19/h3-4,7,11-14,23H,1-2,5-6,8-10H2,(H,22,24)/b21-11+/t12-,13-,14?,19?/m1/s1. The Bertz CT molecular complexity index is 672. The first-order valence-electron chi connectivity index (χ1n) is 8.86. The molecule has 4 nitrogen and oxygen atoms in total. The number of hydrogen-bond donors (Lipinski definition) is 2. The van der Waals surface area contributed by atoms with Crippen molar-refractivity contribution in [2.24, 2.45) is 28.3 Å². The summed E-state index contributed by atoms with van der Waals surface area (Å²) in [6.45, 7) is 0. The van der Waals surface area contributed by atoms with Crippen molar-refractivity contribution < 1.29 is 9.90 Å². The van der Waals surface area contributed by atoms with E-state index in [9.17, 15) is 9.90 Å². The van der Waals surface area contributed by atoms with Gasteiger partial charge in [-0.05, 0) is 68.1 Å². The number of hydrazone groups is 1. The summed E-state index contributed by atoms with van der Waals surface area (Å²) in [6, 6.07) is 5.15. The molecule has 0 radical (unpaired) electrons. The maximum absolute atomic E-state index is 12.9. The van der Waals surface area contributed by atoms with Gasteiger partial charge in [0.05, 0.1) is 11.6 Å². The van der Waals surface area contributed by atoms with Crippen LogP contribution in [0.2, 0.25) is 0 Å². The van der Waals surface area contributed by atoms with Crippen LogP contribution in [-0.2, 0) is 4.79 Å². The number of amides is 1. The van der Waals surface area contributed by atoms with Crippen molar-refractivity contribution >= 4 is 28.1 Å².